The molecular weight excluding hydrogens is 240 g/mol. The zero-order valence-corrected chi connectivity index (χ0v) is 10.9. The molecule has 0 saturated carbocycles. The van der Waals surface area contributed by atoms with Crippen molar-refractivity contribution in [1.82, 2.24) is 4.90 Å². The van der Waals surface area contributed by atoms with E-state index in [1.54, 1.807) is 29.2 Å². The molecule has 19 heavy (non-hydrogen) atoms. The third-order valence-corrected chi connectivity index (χ3v) is 3.47. The molecular formula is C15H16N2O2. The molecule has 0 N–H and O–H groups in total. The first-order chi connectivity index (χ1) is 9.11. The first kappa shape index (κ1) is 13.3. The minimum absolute atomic E-state index is 0.0162. The van der Waals surface area contributed by atoms with Crippen LogP contribution in [0.2, 0.25) is 0 Å². The van der Waals surface area contributed by atoms with Crippen molar-refractivity contribution in [2.75, 3.05) is 13.1 Å². The van der Waals surface area contributed by atoms with E-state index in [0.29, 0.717) is 17.7 Å². The Morgan fingerprint density at radius 3 is 2.74 bits per heavy atom. The van der Waals surface area contributed by atoms with Gasteiger partial charge in [-0.25, -0.2) is 0 Å². The van der Waals surface area contributed by atoms with E-state index < -0.39 is 0 Å². The van der Waals surface area contributed by atoms with E-state index >= 15 is 0 Å². The van der Waals surface area contributed by atoms with Gasteiger partial charge in [0.05, 0.1) is 18.2 Å². The summed E-state index contributed by atoms with van der Waals surface area (Å²) in [5, 5.41) is 8.70. The van der Waals surface area contributed by atoms with Crippen LogP contribution in [0.25, 0.3) is 0 Å². The molecule has 1 aromatic rings. The van der Waals surface area contributed by atoms with Crippen molar-refractivity contribution < 1.29 is 9.59 Å². The normalized spacial score (nSPS) is 19.1. The van der Waals surface area contributed by atoms with Crippen molar-refractivity contribution in [3.63, 3.8) is 0 Å². The number of ketones is 1. The van der Waals surface area contributed by atoms with Crippen molar-refractivity contribution in [2.45, 2.75) is 19.8 Å². The van der Waals surface area contributed by atoms with Crippen LogP contribution < -0.4 is 0 Å². The molecule has 4 nitrogen and oxygen atoms in total. The predicted molar refractivity (Wildman–Crippen MR) is 70.5 cm³/mol. The number of carbonyl (C=O) groups excluding carboxylic acids is 2. The smallest absolute Gasteiger partial charge is 0.225 e. The van der Waals surface area contributed by atoms with Crippen molar-refractivity contribution >= 4 is 11.7 Å². The van der Waals surface area contributed by atoms with Gasteiger partial charge in [0.2, 0.25) is 5.91 Å². The lowest BCUT2D eigenvalue weighted by Gasteiger charge is -2.30. The molecule has 0 bridgehead atoms. The van der Waals surface area contributed by atoms with Gasteiger partial charge in [-0.3, -0.25) is 9.59 Å². The monoisotopic (exact) mass is 256 g/mol. The molecule has 1 atom stereocenters. The lowest BCUT2D eigenvalue weighted by molar-refractivity contribution is -0.137. The van der Waals surface area contributed by atoms with Gasteiger partial charge in [-0.1, -0.05) is 19.1 Å². The maximum Gasteiger partial charge on any atom is 0.225 e. The topological polar surface area (TPSA) is 61.2 Å². The Kier molecular flexibility index (Phi) is 3.96. The number of carbonyl (C=O) groups is 2. The molecule has 0 spiro atoms. The summed E-state index contributed by atoms with van der Waals surface area (Å²) in [6.45, 7) is 2.70. The predicted octanol–water partition coefficient (Wildman–Crippen LogP) is 2.00. The van der Waals surface area contributed by atoms with Crippen molar-refractivity contribution in [3.05, 3.63) is 35.4 Å². The fourth-order valence-electron chi connectivity index (χ4n) is 2.29. The van der Waals surface area contributed by atoms with Crippen LogP contribution in [-0.2, 0) is 4.79 Å². The second kappa shape index (κ2) is 5.66. The van der Waals surface area contributed by atoms with E-state index in [-0.39, 0.29) is 24.2 Å². The minimum Gasteiger partial charge on any atom is -0.335 e. The Labute approximate surface area is 112 Å². The van der Waals surface area contributed by atoms with Crippen LogP contribution in [0, 0.1) is 17.2 Å². The number of likely N-dealkylation sites (tertiary alicyclic amines) is 1. The number of piperidine rings is 1. The SMILES string of the molecule is CC1CCCN(CC(=O)c2ccc(C#N)cc2)C1=O. The van der Waals surface area contributed by atoms with Crippen LogP contribution in [0.3, 0.4) is 0 Å². The fraction of sp³-hybridized carbons (Fsp3) is 0.400. The van der Waals surface area contributed by atoms with E-state index in [4.69, 9.17) is 5.26 Å². The second-order valence-corrected chi connectivity index (χ2v) is 4.92. The summed E-state index contributed by atoms with van der Waals surface area (Å²) in [6, 6.07) is 8.52. The molecule has 1 aliphatic heterocycles. The third-order valence-electron chi connectivity index (χ3n) is 3.47. The van der Waals surface area contributed by atoms with E-state index in [1.165, 1.54) is 0 Å². The van der Waals surface area contributed by atoms with Gasteiger partial charge in [-0.15, -0.1) is 0 Å². The Bertz CT molecular complexity index is 528. The molecule has 1 unspecified atom stereocenters. The summed E-state index contributed by atoms with van der Waals surface area (Å²) in [7, 11) is 0. The molecule has 0 radical (unpaired) electrons. The Morgan fingerprint density at radius 1 is 1.42 bits per heavy atom. The quantitative estimate of drug-likeness (QED) is 0.777. The molecule has 1 aliphatic rings. The Hall–Kier alpha value is -2.15. The summed E-state index contributed by atoms with van der Waals surface area (Å²) in [5.41, 5.74) is 1.07. The number of rotatable bonds is 3. The summed E-state index contributed by atoms with van der Waals surface area (Å²) in [6.07, 6.45) is 1.86. The molecule has 1 amide bonds. The van der Waals surface area contributed by atoms with Crippen LogP contribution in [0.4, 0.5) is 0 Å². The van der Waals surface area contributed by atoms with Gasteiger partial charge in [0.25, 0.3) is 0 Å². The van der Waals surface area contributed by atoms with Gasteiger partial charge in [0, 0.05) is 18.0 Å². The van der Waals surface area contributed by atoms with Gasteiger partial charge in [0.1, 0.15) is 0 Å². The zero-order valence-electron chi connectivity index (χ0n) is 10.9. The second-order valence-electron chi connectivity index (χ2n) is 4.92. The summed E-state index contributed by atoms with van der Waals surface area (Å²) in [4.78, 5) is 25.6. The van der Waals surface area contributed by atoms with Gasteiger partial charge in [-0.05, 0) is 25.0 Å². The van der Waals surface area contributed by atoms with Crippen molar-refractivity contribution in [3.8, 4) is 6.07 Å². The van der Waals surface area contributed by atoms with Crippen LogP contribution in [0.15, 0.2) is 24.3 Å². The maximum atomic E-state index is 12.1. The van der Waals surface area contributed by atoms with Crippen molar-refractivity contribution in [2.24, 2.45) is 5.92 Å². The standard InChI is InChI=1S/C15H16N2O2/c1-11-3-2-8-17(15(11)19)10-14(18)13-6-4-12(9-16)5-7-13/h4-7,11H,2-3,8,10H2,1H3. The number of hydrogen-bond acceptors (Lipinski definition) is 3. The zero-order chi connectivity index (χ0) is 13.8. The molecule has 4 heteroatoms. The number of nitriles is 1. The Balaban J connectivity index is 2.04. The molecule has 1 fully saturated rings. The highest BCUT2D eigenvalue weighted by Gasteiger charge is 2.26. The van der Waals surface area contributed by atoms with E-state index in [9.17, 15) is 9.59 Å². The lowest BCUT2D eigenvalue weighted by Crippen LogP contribution is -2.43. The summed E-state index contributed by atoms with van der Waals surface area (Å²) in [5.74, 6) is 0.00250. The minimum atomic E-state index is -0.0769. The molecule has 2 rings (SSSR count). The molecule has 1 aromatic carbocycles. The third kappa shape index (κ3) is 3.00. The van der Waals surface area contributed by atoms with E-state index in [1.807, 2.05) is 13.0 Å². The summed E-state index contributed by atoms with van der Waals surface area (Å²) < 4.78 is 0. The van der Waals surface area contributed by atoms with E-state index in [2.05, 4.69) is 0 Å². The first-order valence-corrected chi connectivity index (χ1v) is 6.44. The highest BCUT2D eigenvalue weighted by molar-refractivity contribution is 5.99. The van der Waals surface area contributed by atoms with Gasteiger partial charge in [-0.2, -0.15) is 5.26 Å². The molecule has 0 aromatic heterocycles. The fourth-order valence-corrected chi connectivity index (χ4v) is 2.29. The number of hydrogen-bond donors (Lipinski definition) is 0. The molecule has 1 saturated heterocycles. The highest BCUT2D eigenvalue weighted by Crippen LogP contribution is 2.17. The highest BCUT2D eigenvalue weighted by atomic mass is 16.2. The summed E-state index contributed by atoms with van der Waals surface area (Å²) >= 11 is 0. The lowest BCUT2D eigenvalue weighted by atomic mass is 9.98. The number of amides is 1. The maximum absolute atomic E-state index is 12.1. The Morgan fingerprint density at radius 2 is 2.11 bits per heavy atom. The van der Waals surface area contributed by atoms with Crippen LogP contribution >= 0.6 is 0 Å². The van der Waals surface area contributed by atoms with Gasteiger partial charge in [0.15, 0.2) is 5.78 Å². The van der Waals surface area contributed by atoms with Crippen LogP contribution in [-0.4, -0.2) is 29.7 Å². The largest absolute Gasteiger partial charge is 0.335 e. The van der Waals surface area contributed by atoms with Crippen molar-refractivity contribution in [1.29, 1.82) is 5.26 Å². The number of benzene rings is 1. The average molecular weight is 256 g/mol. The number of Topliss-reactive ketones (excluding diaryl/α,β-unsaturated/α-hetero) is 1. The molecule has 98 valence electrons. The van der Waals surface area contributed by atoms with Gasteiger partial charge >= 0.3 is 0 Å². The molecule has 1 heterocycles. The van der Waals surface area contributed by atoms with Gasteiger partial charge < -0.3 is 4.90 Å². The van der Waals surface area contributed by atoms with E-state index in [0.717, 1.165) is 12.8 Å². The molecule has 0 aliphatic carbocycles. The number of nitrogens with zero attached hydrogens (tertiary/aromatic N) is 2. The first-order valence-electron chi connectivity index (χ1n) is 6.44. The van der Waals surface area contributed by atoms with Crippen LogP contribution in [0.1, 0.15) is 35.7 Å². The average Bonchev–Trinajstić information content (AvgIpc) is 2.44. The van der Waals surface area contributed by atoms with Crippen LogP contribution in [0.5, 0.6) is 0 Å².